The van der Waals surface area contributed by atoms with Crippen molar-refractivity contribution in [2.75, 3.05) is 11.9 Å². The van der Waals surface area contributed by atoms with Crippen LogP contribution in [-0.2, 0) is 22.6 Å². The molecule has 0 aliphatic carbocycles. The number of benzene rings is 2. The third kappa shape index (κ3) is 4.24. The predicted octanol–water partition coefficient (Wildman–Crippen LogP) is 5.02. The lowest BCUT2D eigenvalue weighted by atomic mass is 10.2. The summed E-state index contributed by atoms with van der Waals surface area (Å²) in [6, 6.07) is 13.0. The molecule has 4 aromatic rings. The molecular formula is C23H21Cl2N5O2. The second-order valence-corrected chi connectivity index (χ2v) is 8.53. The van der Waals surface area contributed by atoms with Gasteiger partial charge in [0.15, 0.2) is 0 Å². The Labute approximate surface area is 194 Å². The molecule has 1 saturated heterocycles. The molecule has 0 unspecified atom stereocenters. The van der Waals surface area contributed by atoms with Crippen LogP contribution in [-0.4, -0.2) is 37.9 Å². The third-order valence-electron chi connectivity index (χ3n) is 5.48. The maximum atomic E-state index is 12.9. The summed E-state index contributed by atoms with van der Waals surface area (Å²) < 4.78 is 9.30. The Morgan fingerprint density at radius 3 is 2.91 bits per heavy atom. The molecule has 0 radical (unpaired) electrons. The number of hydrogen-bond acceptors (Lipinski definition) is 4. The van der Waals surface area contributed by atoms with Crippen LogP contribution in [0.15, 0.2) is 54.9 Å². The number of amides is 1. The van der Waals surface area contributed by atoms with E-state index < -0.39 is 0 Å². The van der Waals surface area contributed by atoms with Gasteiger partial charge in [-0.05, 0) is 37.1 Å². The Balaban J connectivity index is 1.39. The fourth-order valence-electron chi connectivity index (χ4n) is 3.99. The van der Waals surface area contributed by atoms with Gasteiger partial charge in [0.1, 0.15) is 12.4 Å². The second-order valence-electron chi connectivity index (χ2n) is 7.75. The first-order valence-electron chi connectivity index (χ1n) is 10.4. The highest BCUT2D eigenvalue weighted by molar-refractivity contribution is 6.43. The Bertz CT molecular complexity index is 1280. The molecule has 1 aliphatic rings. The minimum Gasteiger partial charge on any atom is -0.376 e. The number of carbonyl (C=O) groups is 1. The number of anilines is 1. The van der Waals surface area contributed by atoms with E-state index in [4.69, 9.17) is 32.9 Å². The van der Waals surface area contributed by atoms with Crippen molar-refractivity contribution in [3.05, 3.63) is 64.9 Å². The largest absolute Gasteiger partial charge is 0.376 e. The van der Waals surface area contributed by atoms with Crippen LogP contribution in [0.25, 0.3) is 22.4 Å². The second kappa shape index (κ2) is 8.94. The number of nitrogens with one attached hydrogen (secondary N) is 1. The molecule has 9 heteroatoms. The summed E-state index contributed by atoms with van der Waals surface area (Å²) in [6.07, 6.45) is 5.76. The van der Waals surface area contributed by atoms with Crippen LogP contribution in [0, 0.1) is 0 Å². The van der Waals surface area contributed by atoms with Gasteiger partial charge in [-0.3, -0.25) is 9.48 Å². The molecule has 0 bridgehead atoms. The van der Waals surface area contributed by atoms with Crippen LogP contribution in [0.3, 0.4) is 0 Å². The lowest BCUT2D eigenvalue weighted by Gasteiger charge is -2.11. The highest BCUT2D eigenvalue weighted by Gasteiger charge is 2.19. The number of fused-ring (bicyclic) bond motifs is 1. The van der Waals surface area contributed by atoms with Crippen molar-refractivity contribution in [2.45, 2.75) is 32.0 Å². The molecule has 2 aromatic carbocycles. The maximum absolute atomic E-state index is 12.9. The summed E-state index contributed by atoms with van der Waals surface area (Å²) in [6.45, 7) is 1.54. The highest BCUT2D eigenvalue weighted by Crippen LogP contribution is 2.34. The Hall–Kier alpha value is -2.87. The number of para-hydroxylation sites is 2. The zero-order chi connectivity index (χ0) is 22.1. The van der Waals surface area contributed by atoms with Crippen molar-refractivity contribution in [3.8, 4) is 11.4 Å². The summed E-state index contributed by atoms with van der Waals surface area (Å²) >= 11 is 12.7. The van der Waals surface area contributed by atoms with E-state index in [9.17, 15) is 4.79 Å². The van der Waals surface area contributed by atoms with Gasteiger partial charge >= 0.3 is 0 Å². The van der Waals surface area contributed by atoms with Gasteiger partial charge in [0.05, 0.1) is 45.6 Å². The summed E-state index contributed by atoms with van der Waals surface area (Å²) in [7, 11) is 0. The van der Waals surface area contributed by atoms with Crippen LogP contribution < -0.4 is 5.32 Å². The van der Waals surface area contributed by atoms with Crippen LogP contribution in [0.5, 0.6) is 0 Å². The lowest BCUT2D eigenvalue weighted by Crippen LogP contribution is -2.19. The van der Waals surface area contributed by atoms with Crippen LogP contribution >= 0.6 is 23.2 Å². The van der Waals surface area contributed by atoms with E-state index in [-0.39, 0.29) is 18.6 Å². The lowest BCUT2D eigenvalue weighted by molar-refractivity contribution is -0.116. The van der Waals surface area contributed by atoms with Gasteiger partial charge < -0.3 is 14.6 Å². The third-order valence-corrected chi connectivity index (χ3v) is 6.30. The first kappa shape index (κ1) is 21.0. The minimum atomic E-state index is -0.191. The number of aromatic nitrogens is 4. The van der Waals surface area contributed by atoms with Crippen molar-refractivity contribution in [2.24, 2.45) is 0 Å². The number of halogens is 2. The molecule has 1 aliphatic heterocycles. The van der Waals surface area contributed by atoms with E-state index >= 15 is 0 Å². The summed E-state index contributed by atoms with van der Waals surface area (Å²) in [4.78, 5) is 17.6. The van der Waals surface area contributed by atoms with Gasteiger partial charge in [-0.25, -0.2) is 4.98 Å². The van der Waals surface area contributed by atoms with Gasteiger partial charge in [0.2, 0.25) is 5.91 Å². The van der Waals surface area contributed by atoms with E-state index in [1.807, 2.05) is 47.2 Å². The quantitative estimate of drug-likeness (QED) is 0.429. The van der Waals surface area contributed by atoms with Crippen molar-refractivity contribution in [1.82, 2.24) is 19.3 Å². The van der Waals surface area contributed by atoms with Crippen LogP contribution in [0.4, 0.5) is 5.69 Å². The number of hydrogen-bond donors (Lipinski definition) is 1. The topological polar surface area (TPSA) is 74.0 Å². The fourth-order valence-corrected chi connectivity index (χ4v) is 4.37. The molecule has 1 N–H and O–H groups in total. The molecule has 1 fully saturated rings. The first-order chi connectivity index (χ1) is 15.6. The highest BCUT2D eigenvalue weighted by atomic mass is 35.5. The normalized spacial score (nSPS) is 16.0. The average Bonchev–Trinajstić information content (AvgIpc) is 3.52. The first-order valence-corrected chi connectivity index (χ1v) is 11.2. The van der Waals surface area contributed by atoms with Crippen molar-refractivity contribution < 1.29 is 9.53 Å². The number of carbonyl (C=O) groups excluding carboxylic acids is 1. The monoisotopic (exact) mass is 469 g/mol. The maximum Gasteiger partial charge on any atom is 0.244 e. The zero-order valence-electron chi connectivity index (χ0n) is 17.2. The molecule has 5 rings (SSSR count). The van der Waals surface area contributed by atoms with E-state index in [2.05, 4.69) is 10.4 Å². The molecular weight excluding hydrogens is 449 g/mol. The fraction of sp³-hybridized carbons (Fsp3) is 0.261. The SMILES string of the molecule is O=C(Cn1c(-c2cccc(Cl)c2Cl)nc2ccccc21)Nc1cnn(C[C@@H]2CCCO2)c1. The number of imidazole rings is 1. The van der Waals surface area contributed by atoms with E-state index in [1.165, 1.54) is 0 Å². The number of rotatable bonds is 6. The molecule has 3 heterocycles. The van der Waals surface area contributed by atoms with E-state index in [0.29, 0.717) is 33.7 Å². The van der Waals surface area contributed by atoms with Gasteiger partial charge in [0.25, 0.3) is 0 Å². The van der Waals surface area contributed by atoms with Gasteiger partial charge in [-0.15, -0.1) is 0 Å². The zero-order valence-corrected chi connectivity index (χ0v) is 18.7. The molecule has 1 amide bonds. The van der Waals surface area contributed by atoms with Crippen molar-refractivity contribution >= 4 is 45.8 Å². The Morgan fingerprint density at radius 2 is 2.06 bits per heavy atom. The number of ether oxygens (including phenoxy) is 1. The van der Waals surface area contributed by atoms with E-state index in [1.54, 1.807) is 16.9 Å². The summed E-state index contributed by atoms with van der Waals surface area (Å²) in [5.41, 5.74) is 2.92. The van der Waals surface area contributed by atoms with E-state index in [0.717, 1.165) is 30.5 Å². The van der Waals surface area contributed by atoms with Crippen molar-refractivity contribution in [1.29, 1.82) is 0 Å². The predicted molar refractivity (Wildman–Crippen MR) is 125 cm³/mol. The van der Waals surface area contributed by atoms with Crippen molar-refractivity contribution in [3.63, 3.8) is 0 Å². The van der Waals surface area contributed by atoms with Crippen LogP contribution in [0.1, 0.15) is 12.8 Å². The number of nitrogens with zero attached hydrogens (tertiary/aromatic N) is 4. The summed E-state index contributed by atoms with van der Waals surface area (Å²) in [5.74, 6) is 0.396. The molecule has 7 nitrogen and oxygen atoms in total. The summed E-state index contributed by atoms with van der Waals surface area (Å²) in [5, 5.41) is 8.10. The van der Waals surface area contributed by atoms with Gasteiger partial charge in [-0.2, -0.15) is 5.10 Å². The standard InChI is InChI=1S/C23H21Cl2N5O2/c24-18-7-3-6-17(22(18)25)23-28-19-8-1-2-9-20(19)30(23)14-21(31)27-15-11-26-29(12-15)13-16-5-4-10-32-16/h1-3,6-9,11-12,16H,4-5,10,13-14H2,(H,27,31)/t16-/m0/s1. The Morgan fingerprint density at radius 1 is 1.19 bits per heavy atom. The molecule has 2 aromatic heterocycles. The van der Waals surface area contributed by atoms with Crippen LogP contribution in [0.2, 0.25) is 10.0 Å². The van der Waals surface area contributed by atoms with Gasteiger partial charge in [-0.1, -0.05) is 41.4 Å². The molecule has 164 valence electrons. The molecule has 0 spiro atoms. The Kier molecular flexibility index (Phi) is 5.87. The molecule has 32 heavy (non-hydrogen) atoms. The smallest absolute Gasteiger partial charge is 0.244 e. The van der Waals surface area contributed by atoms with Gasteiger partial charge in [0, 0.05) is 18.4 Å². The molecule has 1 atom stereocenters. The average molecular weight is 470 g/mol. The minimum absolute atomic E-state index is 0.0651. The molecule has 0 saturated carbocycles.